The molecule has 0 saturated heterocycles. The molecule has 0 heterocycles. The van der Waals surface area contributed by atoms with Crippen LogP contribution >= 0.6 is 0 Å². The zero-order valence-corrected chi connectivity index (χ0v) is 15.0. The Hall–Kier alpha value is -3.15. The van der Waals surface area contributed by atoms with Crippen LogP contribution in [0.15, 0.2) is 53.6 Å². The number of amides is 2. The molecular formula is C20H23N3O3. The highest BCUT2D eigenvalue weighted by Crippen LogP contribution is 2.11. The fourth-order valence-corrected chi connectivity index (χ4v) is 2.08. The zero-order chi connectivity index (χ0) is 18.8. The number of rotatable bonds is 8. The predicted molar refractivity (Wildman–Crippen MR) is 102 cm³/mol. The number of ether oxygens (including phenoxy) is 1. The van der Waals surface area contributed by atoms with Crippen LogP contribution in [-0.2, 0) is 9.59 Å². The maximum absolute atomic E-state index is 11.8. The summed E-state index contributed by atoms with van der Waals surface area (Å²) in [5, 5.41) is 6.53. The van der Waals surface area contributed by atoms with Crippen molar-refractivity contribution in [1.82, 2.24) is 5.43 Å². The van der Waals surface area contributed by atoms with E-state index in [4.69, 9.17) is 4.74 Å². The first-order valence-corrected chi connectivity index (χ1v) is 8.48. The summed E-state index contributed by atoms with van der Waals surface area (Å²) in [5.41, 5.74) is 4.91. The summed E-state index contributed by atoms with van der Waals surface area (Å²) in [5.74, 6) is -0.0754. The largest absolute Gasteiger partial charge is 0.494 e. The topological polar surface area (TPSA) is 79.8 Å². The fourth-order valence-electron chi connectivity index (χ4n) is 2.08. The molecule has 6 nitrogen and oxygen atoms in total. The maximum Gasteiger partial charge on any atom is 0.249 e. The summed E-state index contributed by atoms with van der Waals surface area (Å²) in [6, 6.07) is 14.7. The van der Waals surface area contributed by atoms with Gasteiger partial charge in [0.15, 0.2) is 0 Å². The highest BCUT2D eigenvalue weighted by Gasteiger charge is 2.08. The third-order valence-corrected chi connectivity index (χ3v) is 3.41. The summed E-state index contributed by atoms with van der Waals surface area (Å²) in [4.78, 5) is 23.6. The summed E-state index contributed by atoms with van der Waals surface area (Å²) in [6.45, 7) is 4.68. The van der Waals surface area contributed by atoms with E-state index in [-0.39, 0.29) is 12.3 Å². The molecule has 0 fully saturated rings. The van der Waals surface area contributed by atoms with E-state index in [9.17, 15) is 9.59 Å². The van der Waals surface area contributed by atoms with Crippen molar-refractivity contribution in [1.29, 1.82) is 0 Å². The quantitative estimate of drug-likeness (QED) is 0.434. The number of hydrazone groups is 1. The van der Waals surface area contributed by atoms with E-state index in [1.54, 1.807) is 12.1 Å². The lowest BCUT2D eigenvalue weighted by Crippen LogP contribution is -2.24. The smallest absolute Gasteiger partial charge is 0.249 e. The van der Waals surface area contributed by atoms with Crippen molar-refractivity contribution in [2.24, 2.45) is 5.10 Å². The van der Waals surface area contributed by atoms with Crippen LogP contribution in [0.1, 0.15) is 30.9 Å². The van der Waals surface area contributed by atoms with Crippen LogP contribution in [-0.4, -0.2) is 24.6 Å². The zero-order valence-electron chi connectivity index (χ0n) is 15.0. The van der Waals surface area contributed by atoms with Crippen molar-refractivity contribution < 1.29 is 14.3 Å². The number of benzene rings is 2. The molecule has 0 aromatic heterocycles. The van der Waals surface area contributed by atoms with Crippen LogP contribution in [0.2, 0.25) is 0 Å². The van der Waals surface area contributed by atoms with Crippen LogP contribution < -0.4 is 15.5 Å². The Kier molecular flexibility index (Phi) is 7.36. The van der Waals surface area contributed by atoms with E-state index in [2.05, 4.69) is 15.8 Å². The molecule has 0 bridgehead atoms. The Morgan fingerprint density at radius 1 is 1.04 bits per heavy atom. The van der Waals surface area contributed by atoms with Crippen molar-refractivity contribution in [3.63, 3.8) is 0 Å². The van der Waals surface area contributed by atoms with E-state index in [1.807, 2.05) is 50.2 Å². The van der Waals surface area contributed by atoms with Crippen molar-refractivity contribution in [3.8, 4) is 5.75 Å². The Labute approximate surface area is 153 Å². The number of hydrogen-bond acceptors (Lipinski definition) is 4. The van der Waals surface area contributed by atoms with Gasteiger partial charge in [0.2, 0.25) is 11.8 Å². The normalized spacial score (nSPS) is 10.5. The van der Waals surface area contributed by atoms with Crippen LogP contribution in [0, 0.1) is 6.92 Å². The Morgan fingerprint density at radius 3 is 2.38 bits per heavy atom. The average molecular weight is 353 g/mol. The van der Waals surface area contributed by atoms with Crippen molar-refractivity contribution in [2.45, 2.75) is 26.7 Å². The molecule has 2 aromatic rings. The number of nitrogens with zero attached hydrogens (tertiary/aromatic N) is 1. The summed E-state index contributed by atoms with van der Waals surface area (Å²) in [6.07, 6.45) is 2.17. The van der Waals surface area contributed by atoms with E-state index >= 15 is 0 Å². The monoisotopic (exact) mass is 353 g/mol. The minimum absolute atomic E-state index is 0.297. The number of carbonyl (C=O) groups is 2. The fraction of sp³-hybridized carbons (Fsp3) is 0.250. The third-order valence-electron chi connectivity index (χ3n) is 3.41. The molecule has 0 unspecified atom stereocenters. The van der Waals surface area contributed by atoms with Crippen LogP contribution in [0.25, 0.3) is 0 Å². The van der Waals surface area contributed by atoms with Gasteiger partial charge in [-0.25, -0.2) is 5.43 Å². The first kappa shape index (κ1) is 19.2. The Morgan fingerprint density at radius 2 is 1.73 bits per heavy atom. The lowest BCUT2D eigenvalue weighted by molar-refractivity contribution is -0.126. The van der Waals surface area contributed by atoms with Crippen molar-refractivity contribution in [2.75, 3.05) is 11.9 Å². The molecule has 2 rings (SSSR count). The second kappa shape index (κ2) is 9.98. The number of aryl methyl sites for hydroxylation is 1. The average Bonchev–Trinajstić information content (AvgIpc) is 2.63. The number of nitrogens with one attached hydrogen (secondary N) is 2. The van der Waals surface area contributed by atoms with Crippen LogP contribution in [0.3, 0.4) is 0 Å². The molecule has 26 heavy (non-hydrogen) atoms. The van der Waals surface area contributed by atoms with E-state index in [0.717, 1.165) is 23.3 Å². The van der Waals surface area contributed by atoms with Crippen molar-refractivity contribution >= 4 is 23.7 Å². The van der Waals surface area contributed by atoms with E-state index in [1.165, 1.54) is 6.21 Å². The van der Waals surface area contributed by atoms with E-state index < -0.39 is 5.91 Å². The molecule has 0 saturated carbocycles. The van der Waals surface area contributed by atoms with Gasteiger partial charge in [-0.15, -0.1) is 0 Å². The molecule has 0 aliphatic rings. The molecule has 2 aromatic carbocycles. The summed E-state index contributed by atoms with van der Waals surface area (Å²) >= 11 is 0. The number of hydrogen-bond donors (Lipinski definition) is 2. The van der Waals surface area contributed by atoms with Gasteiger partial charge in [-0.05, 0) is 55.3 Å². The minimum atomic E-state index is -0.478. The van der Waals surface area contributed by atoms with Gasteiger partial charge < -0.3 is 10.1 Å². The molecule has 136 valence electrons. The molecule has 2 amide bonds. The standard InChI is InChI=1S/C20H23N3O3/c1-3-12-26-18-10-6-16(7-11-18)14-21-23-20(25)13-19(24)22-17-8-4-15(2)5-9-17/h4-11,14H,3,12-13H2,1-2H3,(H,22,24)(H,23,25). The molecule has 0 atom stereocenters. The molecule has 0 aliphatic heterocycles. The van der Waals surface area contributed by atoms with Crippen LogP contribution in [0.4, 0.5) is 5.69 Å². The first-order chi connectivity index (χ1) is 12.6. The second-order valence-electron chi connectivity index (χ2n) is 5.80. The molecule has 6 heteroatoms. The van der Waals surface area contributed by atoms with Gasteiger partial charge >= 0.3 is 0 Å². The number of anilines is 1. The van der Waals surface area contributed by atoms with E-state index in [0.29, 0.717) is 12.3 Å². The SMILES string of the molecule is CCCOc1ccc(C=NNC(=O)CC(=O)Nc2ccc(C)cc2)cc1. The molecule has 0 aliphatic carbocycles. The Balaban J connectivity index is 1.75. The van der Waals surface area contributed by atoms with Gasteiger partial charge in [-0.3, -0.25) is 9.59 Å². The highest BCUT2D eigenvalue weighted by molar-refractivity contribution is 6.03. The third kappa shape index (κ3) is 6.76. The van der Waals surface area contributed by atoms with Gasteiger partial charge in [0.25, 0.3) is 0 Å². The highest BCUT2D eigenvalue weighted by atomic mass is 16.5. The molecule has 0 spiro atoms. The summed E-state index contributed by atoms with van der Waals surface area (Å²) in [7, 11) is 0. The lowest BCUT2D eigenvalue weighted by Gasteiger charge is -2.05. The number of carbonyl (C=O) groups excluding carboxylic acids is 2. The van der Waals surface area contributed by atoms with Gasteiger partial charge in [-0.2, -0.15) is 5.10 Å². The molecule has 2 N–H and O–H groups in total. The lowest BCUT2D eigenvalue weighted by atomic mass is 10.2. The van der Waals surface area contributed by atoms with Gasteiger partial charge in [0.05, 0.1) is 12.8 Å². The van der Waals surface area contributed by atoms with Gasteiger partial charge in [0, 0.05) is 5.69 Å². The van der Waals surface area contributed by atoms with Crippen LogP contribution in [0.5, 0.6) is 5.75 Å². The van der Waals surface area contributed by atoms with Gasteiger partial charge in [0.1, 0.15) is 12.2 Å². The van der Waals surface area contributed by atoms with Crippen molar-refractivity contribution in [3.05, 3.63) is 59.7 Å². The molecular weight excluding hydrogens is 330 g/mol. The maximum atomic E-state index is 11.8. The molecule has 0 radical (unpaired) electrons. The Bertz CT molecular complexity index is 753. The second-order valence-corrected chi connectivity index (χ2v) is 5.80. The minimum Gasteiger partial charge on any atom is -0.494 e. The van der Waals surface area contributed by atoms with Gasteiger partial charge in [-0.1, -0.05) is 24.6 Å². The summed E-state index contributed by atoms with van der Waals surface area (Å²) < 4.78 is 5.49. The predicted octanol–water partition coefficient (Wildman–Crippen LogP) is 3.26. The first-order valence-electron chi connectivity index (χ1n) is 8.48.